The zero-order valence-electron chi connectivity index (χ0n) is 10.3. The van der Waals surface area contributed by atoms with Crippen molar-refractivity contribution in [2.45, 2.75) is 18.9 Å². The second-order valence-electron chi connectivity index (χ2n) is 5.08. The lowest BCUT2D eigenvalue weighted by Gasteiger charge is -2.38. The Morgan fingerprint density at radius 1 is 1.47 bits per heavy atom. The molecule has 19 heavy (non-hydrogen) atoms. The topological polar surface area (TPSA) is 58.4 Å². The fraction of sp³-hybridized carbons (Fsp3) is 0.462. The second-order valence-corrected chi connectivity index (χ2v) is 5.93. The largest absolute Gasteiger partial charge is 0.397 e. The van der Waals surface area contributed by atoms with E-state index >= 15 is 0 Å². The molecule has 2 aliphatic heterocycles. The number of fused-ring (bicyclic) bond motifs is 1. The van der Waals surface area contributed by atoms with Gasteiger partial charge in [0.25, 0.3) is 0 Å². The van der Waals surface area contributed by atoms with Crippen molar-refractivity contribution >= 4 is 33.2 Å². The molecule has 102 valence electrons. The first-order valence-electron chi connectivity index (χ1n) is 6.37. The SMILES string of the molecule is Nc1cc(F)c(Br)cc1N1CCCC2C(=O)NCC21. The van der Waals surface area contributed by atoms with E-state index in [1.807, 2.05) is 0 Å². The van der Waals surface area contributed by atoms with Crippen LogP contribution in [0.1, 0.15) is 12.8 Å². The Hall–Kier alpha value is -1.30. The predicted octanol–water partition coefficient (Wildman–Crippen LogP) is 1.89. The number of amides is 1. The highest BCUT2D eigenvalue weighted by Gasteiger charge is 2.41. The van der Waals surface area contributed by atoms with E-state index in [1.165, 1.54) is 6.07 Å². The molecule has 1 aromatic rings. The number of nitrogen functional groups attached to an aromatic ring is 1. The van der Waals surface area contributed by atoms with Crippen LogP contribution in [0.25, 0.3) is 0 Å². The molecule has 2 atom stereocenters. The van der Waals surface area contributed by atoms with Crippen LogP contribution in [0.5, 0.6) is 0 Å². The molecule has 2 saturated heterocycles. The summed E-state index contributed by atoms with van der Waals surface area (Å²) in [5.74, 6) is -0.220. The zero-order chi connectivity index (χ0) is 13.6. The van der Waals surface area contributed by atoms with E-state index in [4.69, 9.17) is 5.73 Å². The van der Waals surface area contributed by atoms with Crippen LogP contribution in [0.15, 0.2) is 16.6 Å². The maximum Gasteiger partial charge on any atom is 0.225 e. The Balaban J connectivity index is 1.97. The van der Waals surface area contributed by atoms with Crippen LogP contribution >= 0.6 is 15.9 Å². The number of carbonyl (C=O) groups excluding carboxylic acids is 1. The highest BCUT2D eigenvalue weighted by atomic mass is 79.9. The Morgan fingerprint density at radius 3 is 3.05 bits per heavy atom. The lowest BCUT2D eigenvalue weighted by Crippen LogP contribution is -2.46. The molecule has 3 N–H and O–H groups in total. The minimum atomic E-state index is -0.365. The van der Waals surface area contributed by atoms with Gasteiger partial charge in [-0.2, -0.15) is 0 Å². The second kappa shape index (κ2) is 4.67. The molecule has 6 heteroatoms. The van der Waals surface area contributed by atoms with Gasteiger partial charge in [-0.25, -0.2) is 4.39 Å². The van der Waals surface area contributed by atoms with Gasteiger partial charge >= 0.3 is 0 Å². The molecule has 2 heterocycles. The molecule has 2 unspecified atom stereocenters. The summed E-state index contributed by atoms with van der Waals surface area (Å²) in [6.07, 6.45) is 1.86. The molecule has 2 fully saturated rings. The Kier molecular flexibility index (Phi) is 3.12. The molecule has 0 spiro atoms. The first-order chi connectivity index (χ1) is 9.08. The molecular formula is C13H15BrFN3O. The van der Waals surface area contributed by atoms with Gasteiger partial charge in [-0.3, -0.25) is 4.79 Å². The van der Waals surface area contributed by atoms with Crippen LogP contribution in [-0.2, 0) is 4.79 Å². The van der Waals surface area contributed by atoms with E-state index in [1.54, 1.807) is 6.07 Å². The third-order valence-corrected chi connectivity index (χ3v) is 4.59. The fourth-order valence-corrected chi connectivity index (χ4v) is 3.38. The molecule has 0 aliphatic carbocycles. The summed E-state index contributed by atoms with van der Waals surface area (Å²) >= 11 is 3.19. The quantitative estimate of drug-likeness (QED) is 0.774. The van der Waals surface area contributed by atoms with Gasteiger partial charge < -0.3 is 16.0 Å². The number of carbonyl (C=O) groups is 1. The van der Waals surface area contributed by atoms with Crippen molar-refractivity contribution in [1.29, 1.82) is 0 Å². The summed E-state index contributed by atoms with van der Waals surface area (Å²) in [5, 5.41) is 2.90. The third kappa shape index (κ3) is 2.08. The summed E-state index contributed by atoms with van der Waals surface area (Å²) < 4.78 is 13.8. The number of nitrogens with zero attached hydrogens (tertiary/aromatic N) is 1. The first kappa shape index (κ1) is 12.7. The maximum atomic E-state index is 13.4. The number of nitrogens with one attached hydrogen (secondary N) is 1. The Bertz CT molecular complexity index is 537. The van der Waals surface area contributed by atoms with E-state index in [0.29, 0.717) is 16.7 Å². The predicted molar refractivity (Wildman–Crippen MR) is 75.4 cm³/mol. The fourth-order valence-electron chi connectivity index (χ4n) is 3.05. The van der Waals surface area contributed by atoms with Gasteiger partial charge in [-0.15, -0.1) is 0 Å². The normalized spacial score (nSPS) is 26.2. The van der Waals surface area contributed by atoms with Crippen molar-refractivity contribution < 1.29 is 9.18 Å². The Labute approximate surface area is 119 Å². The van der Waals surface area contributed by atoms with Crippen molar-refractivity contribution in [3.8, 4) is 0 Å². The van der Waals surface area contributed by atoms with Crippen molar-refractivity contribution in [2.24, 2.45) is 5.92 Å². The van der Waals surface area contributed by atoms with Gasteiger partial charge in [0.15, 0.2) is 0 Å². The summed E-state index contributed by atoms with van der Waals surface area (Å²) in [5.41, 5.74) is 7.15. The van der Waals surface area contributed by atoms with Gasteiger partial charge in [-0.05, 0) is 34.8 Å². The molecule has 3 rings (SSSR count). The number of benzene rings is 1. The highest BCUT2D eigenvalue weighted by Crippen LogP contribution is 2.36. The number of hydrogen-bond donors (Lipinski definition) is 2. The van der Waals surface area contributed by atoms with Crippen molar-refractivity contribution in [3.05, 3.63) is 22.4 Å². The summed E-state index contributed by atoms with van der Waals surface area (Å²) in [6.45, 7) is 1.48. The molecule has 1 aromatic carbocycles. The molecule has 1 amide bonds. The average molecular weight is 328 g/mol. The van der Waals surface area contributed by atoms with E-state index in [9.17, 15) is 9.18 Å². The number of rotatable bonds is 1. The van der Waals surface area contributed by atoms with Gasteiger partial charge in [0, 0.05) is 19.2 Å². The number of hydrogen-bond acceptors (Lipinski definition) is 3. The number of halogens is 2. The van der Waals surface area contributed by atoms with E-state index in [-0.39, 0.29) is 23.7 Å². The number of anilines is 2. The smallest absolute Gasteiger partial charge is 0.225 e. The maximum absolute atomic E-state index is 13.4. The van der Waals surface area contributed by atoms with Crippen LogP contribution < -0.4 is 16.0 Å². The molecule has 2 aliphatic rings. The number of piperidine rings is 1. The average Bonchev–Trinajstić information content (AvgIpc) is 2.76. The van der Waals surface area contributed by atoms with Crippen LogP contribution in [-0.4, -0.2) is 25.0 Å². The van der Waals surface area contributed by atoms with Crippen LogP contribution in [0.2, 0.25) is 0 Å². The minimum Gasteiger partial charge on any atom is -0.397 e. The Morgan fingerprint density at radius 2 is 2.26 bits per heavy atom. The van der Waals surface area contributed by atoms with Gasteiger partial charge in [-0.1, -0.05) is 0 Å². The molecular weight excluding hydrogens is 313 g/mol. The highest BCUT2D eigenvalue weighted by molar-refractivity contribution is 9.10. The minimum absolute atomic E-state index is 0.0250. The monoisotopic (exact) mass is 327 g/mol. The first-order valence-corrected chi connectivity index (χ1v) is 7.16. The van der Waals surface area contributed by atoms with Crippen LogP contribution in [0, 0.1) is 11.7 Å². The van der Waals surface area contributed by atoms with Gasteiger partial charge in [0.05, 0.1) is 27.8 Å². The molecule has 0 radical (unpaired) electrons. The van der Waals surface area contributed by atoms with E-state index in [2.05, 4.69) is 26.1 Å². The number of nitrogens with two attached hydrogens (primary N) is 1. The van der Waals surface area contributed by atoms with Crippen LogP contribution in [0.4, 0.5) is 15.8 Å². The molecule has 4 nitrogen and oxygen atoms in total. The lowest BCUT2D eigenvalue weighted by atomic mass is 9.91. The van der Waals surface area contributed by atoms with E-state index < -0.39 is 0 Å². The van der Waals surface area contributed by atoms with Crippen molar-refractivity contribution in [1.82, 2.24) is 5.32 Å². The third-order valence-electron chi connectivity index (χ3n) is 3.98. The summed E-state index contributed by atoms with van der Waals surface area (Å²) in [4.78, 5) is 13.9. The van der Waals surface area contributed by atoms with Crippen LogP contribution in [0.3, 0.4) is 0 Å². The lowest BCUT2D eigenvalue weighted by molar-refractivity contribution is -0.122. The molecule has 0 aromatic heterocycles. The van der Waals surface area contributed by atoms with Gasteiger partial charge in [0.2, 0.25) is 5.91 Å². The van der Waals surface area contributed by atoms with Crippen molar-refractivity contribution in [3.63, 3.8) is 0 Å². The van der Waals surface area contributed by atoms with Crippen molar-refractivity contribution in [2.75, 3.05) is 23.7 Å². The standard InChI is InChI=1S/C13H15BrFN3O/c14-8-4-11(10(16)5-9(8)15)18-3-1-2-7-12(18)6-17-13(7)19/h4-5,7,12H,1-3,6,16H2,(H,17,19). The molecule has 0 saturated carbocycles. The van der Waals surface area contributed by atoms with E-state index in [0.717, 1.165) is 25.1 Å². The van der Waals surface area contributed by atoms with Gasteiger partial charge in [0.1, 0.15) is 5.82 Å². The summed E-state index contributed by atoms with van der Waals surface area (Å²) in [7, 11) is 0. The zero-order valence-corrected chi connectivity index (χ0v) is 11.9. The summed E-state index contributed by atoms with van der Waals surface area (Å²) in [6, 6.07) is 3.16. The molecule has 0 bridgehead atoms.